The SMILES string of the molecule is CNC(=O)c1cc(Cl)c(F)cc1NC(=O)C1(c2ccccc2C(C)C)CN(c2ccc(C(=O)OC)nc2Cl)C1. The van der Waals surface area contributed by atoms with E-state index in [1.54, 1.807) is 6.07 Å². The summed E-state index contributed by atoms with van der Waals surface area (Å²) in [7, 11) is 2.68. The number of methoxy groups -OCH3 is 1. The average Bonchev–Trinajstić information content (AvgIpc) is 2.89. The molecule has 2 heterocycles. The monoisotopic (exact) mass is 572 g/mol. The second-order valence-corrected chi connectivity index (χ2v) is 10.3. The van der Waals surface area contributed by atoms with Gasteiger partial charge in [-0.3, -0.25) is 9.59 Å². The van der Waals surface area contributed by atoms with Gasteiger partial charge in [0.1, 0.15) is 16.9 Å². The van der Waals surface area contributed by atoms with Crippen molar-refractivity contribution in [3.05, 3.63) is 86.9 Å². The number of benzene rings is 2. The molecule has 0 spiro atoms. The number of aromatic nitrogens is 1. The third kappa shape index (κ3) is 5.29. The summed E-state index contributed by atoms with van der Waals surface area (Å²) < 4.78 is 19.1. The Morgan fingerprint density at radius 3 is 2.41 bits per heavy atom. The summed E-state index contributed by atoms with van der Waals surface area (Å²) in [5.74, 6) is -2.22. The van der Waals surface area contributed by atoms with Gasteiger partial charge in [0.15, 0.2) is 5.15 Å². The number of hydrogen-bond donors (Lipinski definition) is 2. The first kappa shape index (κ1) is 28.3. The smallest absolute Gasteiger partial charge is 0.356 e. The number of anilines is 2. The number of amides is 2. The molecule has 39 heavy (non-hydrogen) atoms. The third-order valence-corrected chi connectivity index (χ3v) is 7.37. The van der Waals surface area contributed by atoms with Crippen LogP contribution in [0.3, 0.4) is 0 Å². The molecule has 1 aliphatic rings. The highest BCUT2D eigenvalue weighted by Gasteiger charge is 2.52. The van der Waals surface area contributed by atoms with Crippen molar-refractivity contribution < 1.29 is 23.5 Å². The molecule has 2 N–H and O–H groups in total. The lowest BCUT2D eigenvalue weighted by atomic mass is 9.69. The van der Waals surface area contributed by atoms with E-state index in [-0.39, 0.29) is 46.1 Å². The van der Waals surface area contributed by atoms with Gasteiger partial charge in [-0.1, -0.05) is 61.3 Å². The number of hydrogen-bond acceptors (Lipinski definition) is 6. The standard InChI is InChI=1S/C28H27Cl2FN4O4/c1-15(2)16-7-5-6-8-18(16)28(13-35(14-28)23-10-9-21(26(37)39-4)33-24(23)30)27(38)34-22-12-20(31)19(29)11-17(22)25(36)32-3/h5-12,15H,13-14H2,1-4H3,(H,32,36)(H,34,38). The largest absolute Gasteiger partial charge is 0.464 e. The van der Waals surface area contributed by atoms with Crippen molar-refractivity contribution in [2.75, 3.05) is 37.5 Å². The lowest BCUT2D eigenvalue weighted by molar-refractivity contribution is -0.122. The van der Waals surface area contributed by atoms with Crippen LogP contribution in [0.2, 0.25) is 10.2 Å². The van der Waals surface area contributed by atoms with Gasteiger partial charge in [-0.25, -0.2) is 14.2 Å². The number of halogens is 3. The van der Waals surface area contributed by atoms with E-state index >= 15 is 0 Å². The zero-order valence-corrected chi connectivity index (χ0v) is 23.3. The van der Waals surface area contributed by atoms with Crippen molar-refractivity contribution in [2.45, 2.75) is 25.2 Å². The number of rotatable bonds is 7. The molecule has 0 saturated carbocycles. The average molecular weight is 573 g/mol. The van der Waals surface area contributed by atoms with Gasteiger partial charge in [0, 0.05) is 20.1 Å². The van der Waals surface area contributed by atoms with E-state index in [2.05, 4.69) is 15.6 Å². The molecule has 0 atom stereocenters. The zero-order valence-electron chi connectivity index (χ0n) is 21.8. The van der Waals surface area contributed by atoms with Crippen LogP contribution in [0.5, 0.6) is 0 Å². The molecule has 1 aromatic heterocycles. The van der Waals surface area contributed by atoms with Crippen molar-refractivity contribution >= 4 is 52.4 Å². The minimum Gasteiger partial charge on any atom is -0.464 e. The number of carbonyl (C=O) groups is 3. The molecule has 4 rings (SSSR count). The predicted octanol–water partition coefficient (Wildman–Crippen LogP) is 5.19. The Labute approximate surface area is 235 Å². The first-order valence-corrected chi connectivity index (χ1v) is 12.9. The highest BCUT2D eigenvalue weighted by atomic mass is 35.5. The normalized spacial score (nSPS) is 14.0. The maximum Gasteiger partial charge on any atom is 0.356 e. The van der Waals surface area contributed by atoms with E-state index in [1.807, 2.05) is 43.0 Å². The lowest BCUT2D eigenvalue weighted by Gasteiger charge is -2.51. The fourth-order valence-electron chi connectivity index (χ4n) is 4.74. The van der Waals surface area contributed by atoms with Crippen molar-refractivity contribution in [1.82, 2.24) is 10.3 Å². The molecule has 0 unspecified atom stereocenters. The van der Waals surface area contributed by atoms with E-state index in [0.717, 1.165) is 17.2 Å². The third-order valence-electron chi connectivity index (χ3n) is 6.80. The van der Waals surface area contributed by atoms with Crippen LogP contribution in [-0.4, -0.2) is 50.0 Å². The number of ether oxygens (including phenoxy) is 1. The molecule has 2 aromatic carbocycles. The van der Waals surface area contributed by atoms with Gasteiger partial charge in [-0.15, -0.1) is 0 Å². The molecule has 11 heteroatoms. The molecule has 0 aliphatic carbocycles. The minimum atomic E-state index is -1.07. The Balaban J connectivity index is 1.75. The van der Waals surface area contributed by atoms with Crippen LogP contribution < -0.4 is 15.5 Å². The molecular weight excluding hydrogens is 546 g/mol. The van der Waals surface area contributed by atoms with Gasteiger partial charge in [0.25, 0.3) is 5.91 Å². The summed E-state index contributed by atoms with van der Waals surface area (Å²) in [4.78, 5) is 44.4. The van der Waals surface area contributed by atoms with Gasteiger partial charge in [0.2, 0.25) is 5.91 Å². The number of carbonyl (C=O) groups excluding carboxylic acids is 3. The fourth-order valence-corrected chi connectivity index (χ4v) is 5.18. The lowest BCUT2D eigenvalue weighted by Crippen LogP contribution is -2.65. The van der Waals surface area contributed by atoms with E-state index in [0.29, 0.717) is 5.69 Å². The molecule has 204 valence electrons. The fraction of sp³-hybridized carbons (Fsp3) is 0.286. The molecular formula is C28H27Cl2FN4O4. The molecule has 0 radical (unpaired) electrons. The molecule has 1 fully saturated rings. The van der Waals surface area contributed by atoms with E-state index < -0.39 is 29.0 Å². The first-order chi connectivity index (χ1) is 18.5. The highest BCUT2D eigenvalue weighted by Crippen LogP contribution is 2.43. The van der Waals surface area contributed by atoms with E-state index in [1.165, 1.54) is 26.3 Å². The van der Waals surface area contributed by atoms with Crippen molar-refractivity contribution in [1.29, 1.82) is 0 Å². The topological polar surface area (TPSA) is 101 Å². The van der Waals surface area contributed by atoms with E-state index in [4.69, 9.17) is 27.9 Å². The molecule has 8 nitrogen and oxygen atoms in total. The predicted molar refractivity (Wildman–Crippen MR) is 148 cm³/mol. The van der Waals surface area contributed by atoms with E-state index in [9.17, 15) is 18.8 Å². The Morgan fingerprint density at radius 1 is 1.10 bits per heavy atom. The Bertz CT molecular complexity index is 1460. The molecule has 0 bridgehead atoms. The van der Waals surface area contributed by atoms with Crippen LogP contribution in [-0.2, 0) is 14.9 Å². The summed E-state index contributed by atoms with van der Waals surface area (Å²) >= 11 is 12.3. The Kier molecular flexibility index (Phi) is 8.13. The summed E-state index contributed by atoms with van der Waals surface area (Å²) in [5.41, 5.74) is 1.35. The number of esters is 1. The Hall–Kier alpha value is -3.69. The quantitative estimate of drug-likeness (QED) is 0.298. The number of pyridine rings is 1. The number of nitrogens with one attached hydrogen (secondary N) is 2. The van der Waals surface area contributed by atoms with Gasteiger partial charge >= 0.3 is 5.97 Å². The summed E-state index contributed by atoms with van der Waals surface area (Å²) in [6, 6.07) is 13.0. The first-order valence-electron chi connectivity index (χ1n) is 12.1. The van der Waals surface area contributed by atoms with Crippen LogP contribution in [0.15, 0.2) is 48.5 Å². The summed E-state index contributed by atoms with van der Waals surface area (Å²) in [5, 5.41) is 5.12. The van der Waals surface area contributed by atoms with Gasteiger partial charge in [-0.2, -0.15) is 0 Å². The van der Waals surface area contributed by atoms with Gasteiger partial charge < -0.3 is 20.3 Å². The van der Waals surface area contributed by atoms with Crippen LogP contribution in [0, 0.1) is 5.82 Å². The second-order valence-electron chi connectivity index (χ2n) is 9.52. The maximum absolute atomic E-state index is 14.4. The molecule has 3 aromatic rings. The van der Waals surface area contributed by atoms with Crippen LogP contribution in [0.25, 0.3) is 0 Å². The minimum absolute atomic E-state index is 0.00299. The van der Waals surface area contributed by atoms with Crippen molar-refractivity contribution in [3.63, 3.8) is 0 Å². The van der Waals surface area contributed by atoms with Gasteiger partial charge in [0.05, 0.1) is 29.1 Å². The van der Waals surface area contributed by atoms with Crippen molar-refractivity contribution in [3.8, 4) is 0 Å². The summed E-state index contributed by atoms with van der Waals surface area (Å²) in [6.45, 7) is 4.50. The molecule has 1 saturated heterocycles. The van der Waals surface area contributed by atoms with Crippen LogP contribution in [0.4, 0.5) is 15.8 Å². The van der Waals surface area contributed by atoms with Gasteiger partial charge in [-0.05, 0) is 41.3 Å². The van der Waals surface area contributed by atoms with Crippen molar-refractivity contribution in [2.24, 2.45) is 0 Å². The Morgan fingerprint density at radius 2 is 1.79 bits per heavy atom. The van der Waals surface area contributed by atoms with Crippen LogP contribution in [0.1, 0.15) is 51.7 Å². The molecule has 2 amide bonds. The van der Waals surface area contributed by atoms with Crippen LogP contribution >= 0.6 is 23.2 Å². The number of nitrogens with zero attached hydrogens (tertiary/aromatic N) is 2. The molecule has 1 aliphatic heterocycles. The highest BCUT2D eigenvalue weighted by molar-refractivity contribution is 6.32. The maximum atomic E-state index is 14.4. The summed E-state index contributed by atoms with van der Waals surface area (Å²) in [6.07, 6.45) is 0. The zero-order chi connectivity index (χ0) is 28.5. The second kappa shape index (κ2) is 11.2.